The number of aryl methyl sites for hydroxylation is 2. The lowest BCUT2D eigenvalue weighted by Gasteiger charge is -2.37. The summed E-state index contributed by atoms with van der Waals surface area (Å²) in [6.45, 7) is 4.56. The summed E-state index contributed by atoms with van der Waals surface area (Å²) in [7, 11) is 1.66. The maximum absolute atomic E-state index is 12.1. The molecule has 1 unspecified atom stereocenters. The molecule has 5 nitrogen and oxygen atoms in total. The lowest BCUT2D eigenvalue weighted by molar-refractivity contribution is -0.122. The maximum atomic E-state index is 12.1. The second-order valence-electron chi connectivity index (χ2n) is 5.17. The Morgan fingerprint density at radius 3 is 2.90 bits per heavy atom. The van der Waals surface area contributed by atoms with E-state index in [0.717, 1.165) is 42.9 Å². The van der Waals surface area contributed by atoms with E-state index in [1.807, 2.05) is 19.9 Å². The van der Waals surface area contributed by atoms with Crippen molar-refractivity contribution in [3.8, 4) is 6.07 Å². The number of nitrogens with zero attached hydrogens (tertiary/aromatic N) is 3. The van der Waals surface area contributed by atoms with Gasteiger partial charge in [0.15, 0.2) is 0 Å². The summed E-state index contributed by atoms with van der Waals surface area (Å²) in [5.41, 5.74) is 3.01. The van der Waals surface area contributed by atoms with Crippen molar-refractivity contribution >= 4 is 11.6 Å². The number of nitrogens with one attached hydrogen (secondary N) is 1. The van der Waals surface area contributed by atoms with E-state index in [9.17, 15) is 10.1 Å². The Bertz CT molecular complexity index is 562. The maximum Gasteiger partial charge on any atom is 0.242 e. The number of carbonyl (C=O) groups is 1. The second kappa shape index (κ2) is 5.91. The minimum absolute atomic E-state index is 0.0145. The van der Waals surface area contributed by atoms with Gasteiger partial charge in [0, 0.05) is 19.3 Å². The van der Waals surface area contributed by atoms with Crippen LogP contribution in [-0.4, -0.2) is 30.5 Å². The zero-order valence-electron chi connectivity index (χ0n) is 12.2. The molecule has 20 heavy (non-hydrogen) atoms. The molecule has 1 aromatic heterocycles. The van der Waals surface area contributed by atoms with Crippen LogP contribution in [0, 0.1) is 25.2 Å². The summed E-state index contributed by atoms with van der Waals surface area (Å²) >= 11 is 0. The SMILES string of the molecule is CNC(=O)C1CCCCN1c1cc(C)nc(C)c1C#N. The number of likely N-dealkylation sites (N-methyl/N-ethyl adjacent to an activating group) is 1. The quantitative estimate of drug-likeness (QED) is 0.889. The van der Waals surface area contributed by atoms with Crippen LogP contribution in [0.25, 0.3) is 0 Å². The molecule has 2 rings (SSSR count). The summed E-state index contributed by atoms with van der Waals surface area (Å²) in [6.07, 6.45) is 2.91. The van der Waals surface area contributed by atoms with Gasteiger partial charge in [0.2, 0.25) is 5.91 Å². The molecule has 1 saturated heterocycles. The van der Waals surface area contributed by atoms with E-state index >= 15 is 0 Å². The van der Waals surface area contributed by atoms with Crippen LogP contribution >= 0.6 is 0 Å². The molecule has 0 aromatic carbocycles. The van der Waals surface area contributed by atoms with E-state index in [1.54, 1.807) is 7.05 Å². The summed E-state index contributed by atoms with van der Waals surface area (Å²) in [5.74, 6) is 0.0145. The van der Waals surface area contributed by atoms with Gasteiger partial charge in [-0.2, -0.15) is 5.26 Å². The van der Waals surface area contributed by atoms with Gasteiger partial charge < -0.3 is 10.2 Å². The number of hydrogen-bond donors (Lipinski definition) is 1. The first-order chi connectivity index (χ1) is 9.58. The number of anilines is 1. The fraction of sp³-hybridized carbons (Fsp3) is 0.533. The van der Waals surface area contributed by atoms with Crippen LogP contribution in [0.2, 0.25) is 0 Å². The van der Waals surface area contributed by atoms with Crippen LogP contribution in [0.15, 0.2) is 6.07 Å². The molecule has 5 heteroatoms. The highest BCUT2D eigenvalue weighted by atomic mass is 16.2. The Morgan fingerprint density at radius 2 is 2.25 bits per heavy atom. The molecule has 1 aliphatic rings. The van der Waals surface area contributed by atoms with Gasteiger partial charge >= 0.3 is 0 Å². The number of piperidine rings is 1. The van der Waals surface area contributed by atoms with Gasteiger partial charge in [0.1, 0.15) is 12.1 Å². The highest BCUT2D eigenvalue weighted by Gasteiger charge is 2.30. The van der Waals surface area contributed by atoms with Crippen LogP contribution in [0.1, 0.15) is 36.2 Å². The van der Waals surface area contributed by atoms with Crippen molar-refractivity contribution in [1.29, 1.82) is 5.26 Å². The highest BCUT2D eigenvalue weighted by molar-refractivity contribution is 5.86. The summed E-state index contributed by atoms with van der Waals surface area (Å²) in [5, 5.41) is 12.1. The largest absolute Gasteiger partial charge is 0.358 e. The zero-order chi connectivity index (χ0) is 14.7. The minimum Gasteiger partial charge on any atom is -0.358 e. The summed E-state index contributed by atoms with van der Waals surface area (Å²) in [6, 6.07) is 3.95. The van der Waals surface area contributed by atoms with E-state index in [1.165, 1.54) is 0 Å². The fourth-order valence-electron chi connectivity index (χ4n) is 2.83. The fourth-order valence-corrected chi connectivity index (χ4v) is 2.83. The predicted octanol–water partition coefficient (Wildman–Crippen LogP) is 1.68. The third-order valence-electron chi connectivity index (χ3n) is 3.78. The van der Waals surface area contributed by atoms with Crippen molar-refractivity contribution < 1.29 is 4.79 Å². The third kappa shape index (κ3) is 2.60. The summed E-state index contributed by atoms with van der Waals surface area (Å²) in [4.78, 5) is 18.5. The third-order valence-corrected chi connectivity index (χ3v) is 3.78. The van der Waals surface area contributed by atoms with E-state index < -0.39 is 0 Å². The molecule has 2 heterocycles. The average Bonchev–Trinajstić information content (AvgIpc) is 2.45. The van der Waals surface area contributed by atoms with Gasteiger partial charge in [-0.05, 0) is 39.2 Å². The number of amides is 1. The number of carbonyl (C=O) groups excluding carboxylic acids is 1. The molecule has 0 saturated carbocycles. The molecular formula is C15H20N4O. The lowest BCUT2D eigenvalue weighted by Crippen LogP contribution is -2.49. The topological polar surface area (TPSA) is 69.0 Å². The average molecular weight is 272 g/mol. The Hall–Kier alpha value is -2.09. The lowest BCUT2D eigenvalue weighted by atomic mass is 9.99. The molecule has 1 aliphatic heterocycles. The molecule has 106 valence electrons. The number of rotatable bonds is 2. The van der Waals surface area contributed by atoms with Crippen molar-refractivity contribution in [2.75, 3.05) is 18.5 Å². The molecule has 1 aromatic rings. The molecule has 1 amide bonds. The van der Waals surface area contributed by atoms with Crippen molar-refractivity contribution in [2.24, 2.45) is 0 Å². The molecule has 1 N–H and O–H groups in total. The van der Waals surface area contributed by atoms with Crippen molar-refractivity contribution in [1.82, 2.24) is 10.3 Å². The smallest absolute Gasteiger partial charge is 0.242 e. The van der Waals surface area contributed by atoms with Gasteiger partial charge in [-0.25, -0.2) is 0 Å². The zero-order valence-corrected chi connectivity index (χ0v) is 12.2. The van der Waals surface area contributed by atoms with Gasteiger partial charge in [-0.1, -0.05) is 0 Å². The van der Waals surface area contributed by atoms with Crippen LogP contribution in [0.5, 0.6) is 0 Å². The molecule has 0 aliphatic carbocycles. The molecule has 1 atom stereocenters. The number of nitriles is 1. The Labute approximate surface area is 119 Å². The van der Waals surface area contributed by atoms with E-state index in [-0.39, 0.29) is 11.9 Å². The molecule has 1 fully saturated rings. The van der Waals surface area contributed by atoms with Gasteiger partial charge in [0.25, 0.3) is 0 Å². The van der Waals surface area contributed by atoms with Crippen molar-refractivity contribution in [3.05, 3.63) is 23.0 Å². The first-order valence-electron chi connectivity index (χ1n) is 6.95. The minimum atomic E-state index is -0.193. The highest BCUT2D eigenvalue weighted by Crippen LogP contribution is 2.29. The molecular weight excluding hydrogens is 252 g/mol. The first kappa shape index (κ1) is 14.3. The van der Waals surface area contributed by atoms with E-state index in [2.05, 4.69) is 21.3 Å². The summed E-state index contributed by atoms with van der Waals surface area (Å²) < 4.78 is 0. The molecule has 0 radical (unpaired) electrons. The number of aromatic nitrogens is 1. The van der Waals surface area contributed by atoms with Crippen LogP contribution < -0.4 is 10.2 Å². The molecule has 0 bridgehead atoms. The Balaban J connectivity index is 2.47. The monoisotopic (exact) mass is 272 g/mol. The van der Waals surface area contributed by atoms with Gasteiger partial charge in [-0.3, -0.25) is 9.78 Å². The number of hydrogen-bond acceptors (Lipinski definition) is 4. The van der Waals surface area contributed by atoms with Gasteiger partial charge in [-0.15, -0.1) is 0 Å². The van der Waals surface area contributed by atoms with E-state index in [4.69, 9.17) is 0 Å². The molecule has 0 spiro atoms. The van der Waals surface area contributed by atoms with Gasteiger partial charge in [0.05, 0.1) is 16.9 Å². The van der Waals surface area contributed by atoms with Crippen molar-refractivity contribution in [3.63, 3.8) is 0 Å². The first-order valence-corrected chi connectivity index (χ1v) is 6.95. The van der Waals surface area contributed by atoms with Crippen LogP contribution in [0.4, 0.5) is 5.69 Å². The van der Waals surface area contributed by atoms with Crippen LogP contribution in [0.3, 0.4) is 0 Å². The standard InChI is InChI=1S/C15H20N4O/c1-10-8-14(12(9-16)11(2)18-10)19-7-5-4-6-13(19)15(20)17-3/h8,13H,4-7H2,1-3H3,(H,17,20). The normalized spacial score (nSPS) is 18.5. The predicted molar refractivity (Wildman–Crippen MR) is 77.5 cm³/mol. The second-order valence-corrected chi connectivity index (χ2v) is 5.17. The Morgan fingerprint density at radius 1 is 1.50 bits per heavy atom. The number of pyridine rings is 1. The van der Waals surface area contributed by atoms with Crippen molar-refractivity contribution in [2.45, 2.75) is 39.2 Å². The van der Waals surface area contributed by atoms with E-state index in [0.29, 0.717) is 5.56 Å². The Kier molecular flexibility index (Phi) is 4.23. The van der Waals surface area contributed by atoms with Crippen LogP contribution in [-0.2, 0) is 4.79 Å².